The molecule has 0 saturated heterocycles. The second-order valence-electron chi connectivity index (χ2n) is 5.47. The minimum atomic E-state index is 0.259. The van der Waals surface area contributed by atoms with Crippen LogP contribution in [0.15, 0.2) is 55.2 Å². The van der Waals surface area contributed by atoms with Gasteiger partial charge in [-0.15, -0.1) is 0 Å². The first-order chi connectivity index (χ1) is 11.7. The van der Waals surface area contributed by atoms with Crippen molar-refractivity contribution in [1.29, 1.82) is 0 Å². The number of pyridine rings is 2. The van der Waals surface area contributed by atoms with Crippen LogP contribution >= 0.6 is 0 Å². The van der Waals surface area contributed by atoms with Crippen LogP contribution in [-0.2, 0) is 0 Å². The van der Waals surface area contributed by atoms with Gasteiger partial charge in [-0.3, -0.25) is 4.98 Å². The Morgan fingerprint density at radius 2 is 2.08 bits per heavy atom. The quantitative estimate of drug-likeness (QED) is 0.503. The summed E-state index contributed by atoms with van der Waals surface area (Å²) < 4.78 is 2.04. The number of rotatable bonds is 3. The molecule has 0 aliphatic carbocycles. The molecule has 0 saturated carbocycles. The van der Waals surface area contributed by atoms with Crippen molar-refractivity contribution in [3.8, 4) is 11.4 Å². The summed E-state index contributed by atoms with van der Waals surface area (Å²) in [7, 11) is 0. The smallest absolute Gasteiger partial charge is 0.284 e. The number of aryl methyl sites for hydroxylation is 1. The molecular weight excluding hydrogens is 302 g/mol. The standard InChI is InChI=1S/C17H15N7/c1-11-7-21-17(18)23-16(11)14-9-20-15-5-4-13(10-24(14)15)22-12-3-2-6-19-8-12/h2-10,22H,1H3,(H2,18,21,23)/p+1. The molecule has 0 bridgehead atoms. The van der Waals surface area contributed by atoms with Gasteiger partial charge >= 0.3 is 0 Å². The van der Waals surface area contributed by atoms with Gasteiger partial charge in [0.25, 0.3) is 5.65 Å². The first kappa shape index (κ1) is 14.1. The summed E-state index contributed by atoms with van der Waals surface area (Å²) in [6.07, 6.45) is 9.18. The number of aromatic amines is 1. The van der Waals surface area contributed by atoms with Crippen molar-refractivity contribution in [3.05, 3.63) is 60.8 Å². The van der Waals surface area contributed by atoms with E-state index in [-0.39, 0.29) is 5.95 Å². The molecule has 4 N–H and O–H groups in total. The highest BCUT2D eigenvalue weighted by atomic mass is 15.1. The van der Waals surface area contributed by atoms with Gasteiger partial charge in [-0.2, -0.15) is 4.40 Å². The summed E-state index contributed by atoms with van der Waals surface area (Å²) in [5.41, 5.74) is 11.3. The van der Waals surface area contributed by atoms with Crippen LogP contribution in [0.2, 0.25) is 0 Å². The molecule has 4 aromatic heterocycles. The van der Waals surface area contributed by atoms with Gasteiger partial charge in [0.05, 0.1) is 17.6 Å². The Hall–Kier alpha value is -3.48. The first-order valence-corrected chi connectivity index (χ1v) is 7.50. The number of fused-ring (bicyclic) bond motifs is 1. The SMILES string of the molecule is Cc1cnc(N)nc1-c1c[nH]c2ccc(Nc3cccnc3)c[n+]12. The Kier molecular flexibility index (Phi) is 3.31. The third-order valence-electron chi connectivity index (χ3n) is 3.75. The van der Waals surface area contributed by atoms with Crippen molar-refractivity contribution in [3.63, 3.8) is 0 Å². The Balaban J connectivity index is 1.80. The maximum Gasteiger partial charge on any atom is 0.284 e. The highest BCUT2D eigenvalue weighted by Crippen LogP contribution is 2.20. The molecule has 7 heteroatoms. The van der Waals surface area contributed by atoms with Crippen LogP contribution in [-0.4, -0.2) is 19.9 Å². The van der Waals surface area contributed by atoms with Crippen molar-refractivity contribution < 1.29 is 4.40 Å². The molecule has 24 heavy (non-hydrogen) atoms. The molecule has 4 rings (SSSR count). The predicted molar refractivity (Wildman–Crippen MR) is 91.6 cm³/mol. The molecule has 118 valence electrons. The monoisotopic (exact) mass is 318 g/mol. The Morgan fingerprint density at radius 1 is 1.17 bits per heavy atom. The zero-order chi connectivity index (χ0) is 16.5. The van der Waals surface area contributed by atoms with Gasteiger partial charge in [0.2, 0.25) is 5.95 Å². The Labute approximate surface area is 138 Å². The molecule has 0 aromatic carbocycles. The lowest BCUT2D eigenvalue weighted by atomic mass is 10.2. The summed E-state index contributed by atoms with van der Waals surface area (Å²) in [6.45, 7) is 1.96. The normalized spacial score (nSPS) is 10.9. The van der Waals surface area contributed by atoms with Gasteiger partial charge < -0.3 is 11.1 Å². The van der Waals surface area contributed by atoms with E-state index in [2.05, 4.69) is 25.3 Å². The minimum Gasteiger partial charge on any atom is -0.368 e. The summed E-state index contributed by atoms with van der Waals surface area (Å²) in [5.74, 6) is 0.259. The van der Waals surface area contributed by atoms with Crippen LogP contribution in [0.1, 0.15) is 5.56 Å². The zero-order valence-corrected chi connectivity index (χ0v) is 13.1. The third-order valence-corrected chi connectivity index (χ3v) is 3.75. The molecular formula is C17H16N7+. The molecule has 4 aromatic rings. The van der Waals surface area contributed by atoms with Gasteiger partial charge in [-0.1, -0.05) is 0 Å². The van der Waals surface area contributed by atoms with Crippen LogP contribution in [0.5, 0.6) is 0 Å². The molecule has 7 nitrogen and oxygen atoms in total. The van der Waals surface area contributed by atoms with E-state index < -0.39 is 0 Å². The molecule has 0 unspecified atom stereocenters. The van der Waals surface area contributed by atoms with Crippen molar-refractivity contribution >= 4 is 23.0 Å². The molecule has 0 spiro atoms. The van der Waals surface area contributed by atoms with E-state index in [1.165, 1.54) is 0 Å². The fourth-order valence-electron chi connectivity index (χ4n) is 2.60. The number of anilines is 3. The number of imidazole rings is 1. The fraction of sp³-hybridized carbons (Fsp3) is 0.0588. The lowest BCUT2D eigenvalue weighted by molar-refractivity contribution is -0.497. The second kappa shape index (κ2) is 5.62. The third kappa shape index (κ3) is 2.52. The molecule has 0 fully saturated rings. The van der Waals surface area contributed by atoms with Gasteiger partial charge in [-0.25, -0.2) is 15.0 Å². The average molecular weight is 318 g/mol. The van der Waals surface area contributed by atoms with Crippen molar-refractivity contribution in [2.75, 3.05) is 11.1 Å². The lowest BCUT2D eigenvalue weighted by Crippen LogP contribution is -2.23. The molecule has 0 aliphatic rings. The Morgan fingerprint density at radius 3 is 2.92 bits per heavy atom. The fourth-order valence-corrected chi connectivity index (χ4v) is 2.60. The van der Waals surface area contributed by atoms with E-state index in [1.807, 2.05) is 48.0 Å². The van der Waals surface area contributed by atoms with Crippen molar-refractivity contribution in [1.82, 2.24) is 19.9 Å². The Bertz CT molecular complexity index is 1010. The first-order valence-electron chi connectivity index (χ1n) is 7.50. The highest BCUT2D eigenvalue weighted by molar-refractivity contribution is 5.61. The van der Waals surface area contributed by atoms with Gasteiger partial charge in [0.15, 0.2) is 5.69 Å². The van der Waals surface area contributed by atoms with E-state index in [9.17, 15) is 0 Å². The van der Waals surface area contributed by atoms with Crippen molar-refractivity contribution in [2.45, 2.75) is 6.92 Å². The summed E-state index contributed by atoms with van der Waals surface area (Å²) in [5, 5.41) is 3.34. The molecule has 0 radical (unpaired) electrons. The number of hydrogen-bond acceptors (Lipinski definition) is 5. The molecule has 0 aliphatic heterocycles. The van der Waals surface area contributed by atoms with Gasteiger partial charge in [0.1, 0.15) is 18.1 Å². The van der Waals surface area contributed by atoms with E-state index in [1.54, 1.807) is 18.6 Å². The maximum atomic E-state index is 5.75. The van der Waals surface area contributed by atoms with Crippen LogP contribution in [0.25, 0.3) is 17.0 Å². The number of nitrogen functional groups attached to an aromatic ring is 1. The van der Waals surface area contributed by atoms with Crippen LogP contribution in [0.4, 0.5) is 17.3 Å². The number of hydrogen-bond donors (Lipinski definition) is 3. The molecule has 0 atom stereocenters. The van der Waals surface area contributed by atoms with E-state index in [4.69, 9.17) is 5.73 Å². The van der Waals surface area contributed by atoms with Crippen molar-refractivity contribution in [2.24, 2.45) is 0 Å². The number of nitrogens with one attached hydrogen (secondary N) is 2. The summed E-state index contributed by atoms with van der Waals surface area (Å²) in [4.78, 5) is 15.8. The van der Waals surface area contributed by atoms with Crippen LogP contribution < -0.4 is 15.5 Å². The second-order valence-corrected chi connectivity index (χ2v) is 5.47. The van der Waals surface area contributed by atoms with E-state index >= 15 is 0 Å². The molecule has 4 heterocycles. The molecule has 0 amide bonds. The number of nitrogens with two attached hydrogens (primary N) is 1. The topological polar surface area (TPSA) is 96.6 Å². The predicted octanol–water partition coefficient (Wildman–Crippen LogP) is 2.24. The summed E-state index contributed by atoms with van der Waals surface area (Å²) in [6, 6.07) is 7.86. The summed E-state index contributed by atoms with van der Waals surface area (Å²) >= 11 is 0. The van der Waals surface area contributed by atoms with Crippen LogP contribution in [0.3, 0.4) is 0 Å². The number of nitrogens with zero attached hydrogens (tertiary/aromatic N) is 4. The highest BCUT2D eigenvalue weighted by Gasteiger charge is 2.17. The van der Waals surface area contributed by atoms with Gasteiger partial charge in [0, 0.05) is 18.5 Å². The van der Waals surface area contributed by atoms with E-state index in [0.29, 0.717) is 0 Å². The van der Waals surface area contributed by atoms with E-state index in [0.717, 1.165) is 34.0 Å². The number of H-pyrrole nitrogens is 1. The number of aromatic nitrogens is 5. The zero-order valence-electron chi connectivity index (χ0n) is 13.1. The van der Waals surface area contributed by atoms with Crippen LogP contribution in [0, 0.1) is 6.92 Å². The average Bonchev–Trinajstić information content (AvgIpc) is 3.01. The largest absolute Gasteiger partial charge is 0.368 e. The lowest BCUT2D eigenvalue weighted by Gasteiger charge is -2.05. The van der Waals surface area contributed by atoms with Gasteiger partial charge in [-0.05, 0) is 30.7 Å². The minimum absolute atomic E-state index is 0.259. The maximum absolute atomic E-state index is 5.75.